The molecule has 3 rings (SSSR count). The van der Waals surface area contributed by atoms with Gasteiger partial charge in [0.15, 0.2) is 0 Å². The minimum atomic E-state index is -0.321. The highest BCUT2D eigenvalue weighted by molar-refractivity contribution is 5.66. The van der Waals surface area contributed by atoms with E-state index in [1.807, 2.05) is 30.0 Å². The molecular weight excluding hydrogens is 266 g/mol. The van der Waals surface area contributed by atoms with E-state index in [9.17, 15) is 10.1 Å². The largest absolute Gasteiger partial charge is 0.398 e. The summed E-state index contributed by atoms with van der Waals surface area (Å²) in [5.74, 6) is 0. The number of nitro benzene ring substituents is 1. The van der Waals surface area contributed by atoms with Gasteiger partial charge in [0.1, 0.15) is 5.69 Å². The van der Waals surface area contributed by atoms with Crippen LogP contribution in [0.15, 0.2) is 36.4 Å². The van der Waals surface area contributed by atoms with Crippen molar-refractivity contribution >= 4 is 17.1 Å². The van der Waals surface area contributed by atoms with Crippen molar-refractivity contribution in [2.24, 2.45) is 0 Å². The molecule has 0 unspecified atom stereocenters. The third-order valence-electron chi connectivity index (χ3n) is 3.98. The second-order valence-electron chi connectivity index (χ2n) is 5.41. The highest BCUT2D eigenvalue weighted by Crippen LogP contribution is 2.34. The SMILES string of the molecule is Cc1ccc([N+](=O)[O-])c(N2CCc3cccc(N)c3C2)c1. The fourth-order valence-electron chi connectivity index (χ4n) is 2.85. The lowest BCUT2D eigenvalue weighted by Gasteiger charge is -2.31. The molecule has 5 nitrogen and oxygen atoms in total. The molecule has 0 saturated carbocycles. The van der Waals surface area contributed by atoms with Crippen molar-refractivity contribution in [3.8, 4) is 0 Å². The van der Waals surface area contributed by atoms with E-state index in [4.69, 9.17) is 5.73 Å². The topological polar surface area (TPSA) is 72.4 Å². The molecule has 0 radical (unpaired) electrons. The van der Waals surface area contributed by atoms with E-state index in [2.05, 4.69) is 6.07 Å². The van der Waals surface area contributed by atoms with E-state index in [0.29, 0.717) is 12.2 Å². The van der Waals surface area contributed by atoms with Gasteiger partial charge in [-0.1, -0.05) is 18.2 Å². The van der Waals surface area contributed by atoms with Crippen LogP contribution in [0.4, 0.5) is 17.1 Å². The standard InChI is InChI=1S/C16H17N3O2/c1-11-5-6-15(19(20)21)16(9-11)18-8-7-12-3-2-4-14(17)13(12)10-18/h2-6,9H,7-8,10,17H2,1H3. The molecule has 1 aliphatic heterocycles. The molecular formula is C16H17N3O2. The van der Waals surface area contributed by atoms with Gasteiger partial charge in [-0.05, 0) is 42.2 Å². The maximum atomic E-state index is 11.2. The van der Waals surface area contributed by atoms with Gasteiger partial charge in [-0.2, -0.15) is 0 Å². The molecule has 0 fully saturated rings. The normalized spacial score (nSPS) is 13.9. The van der Waals surface area contributed by atoms with Crippen LogP contribution < -0.4 is 10.6 Å². The molecule has 1 heterocycles. The number of nitrogens with two attached hydrogens (primary N) is 1. The van der Waals surface area contributed by atoms with Crippen molar-refractivity contribution in [3.63, 3.8) is 0 Å². The second-order valence-corrected chi connectivity index (χ2v) is 5.41. The zero-order valence-corrected chi connectivity index (χ0v) is 11.9. The summed E-state index contributed by atoms with van der Waals surface area (Å²) in [6.07, 6.45) is 0.853. The van der Waals surface area contributed by atoms with Gasteiger partial charge < -0.3 is 10.6 Å². The maximum Gasteiger partial charge on any atom is 0.292 e. The fraction of sp³-hybridized carbons (Fsp3) is 0.250. The highest BCUT2D eigenvalue weighted by Gasteiger charge is 2.24. The first-order valence-corrected chi connectivity index (χ1v) is 6.92. The van der Waals surface area contributed by atoms with E-state index in [1.165, 1.54) is 5.56 Å². The average Bonchev–Trinajstić information content (AvgIpc) is 2.47. The van der Waals surface area contributed by atoms with Crippen LogP contribution in [0.25, 0.3) is 0 Å². The molecule has 0 atom stereocenters. The summed E-state index contributed by atoms with van der Waals surface area (Å²) in [6, 6.07) is 11.1. The smallest absolute Gasteiger partial charge is 0.292 e. The number of anilines is 2. The van der Waals surface area contributed by atoms with Crippen LogP contribution in [0.1, 0.15) is 16.7 Å². The quantitative estimate of drug-likeness (QED) is 0.522. The number of benzene rings is 2. The first kappa shape index (κ1) is 13.4. The molecule has 0 aromatic heterocycles. The summed E-state index contributed by atoms with van der Waals surface area (Å²) in [4.78, 5) is 13.0. The Hall–Kier alpha value is -2.56. The van der Waals surface area contributed by atoms with Crippen LogP contribution >= 0.6 is 0 Å². The third kappa shape index (κ3) is 2.42. The Morgan fingerprint density at radius 2 is 2.10 bits per heavy atom. The van der Waals surface area contributed by atoms with E-state index < -0.39 is 0 Å². The predicted octanol–water partition coefficient (Wildman–Crippen LogP) is 3.05. The molecule has 21 heavy (non-hydrogen) atoms. The van der Waals surface area contributed by atoms with Gasteiger partial charge in [0.2, 0.25) is 0 Å². The number of nitrogen functional groups attached to an aromatic ring is 1. The molecule has 0 aliphatic carbocycles. The maximum absolute atomic E-state index is 11.2. The molecule has 2 aromatic rings. The highest BCUT2D eigenvalue weighted by atomic mass is 16.6. The molecule has 5 heteroatoms. The average molecular weight is 283 g/mol. The summed E-state index contributed by atoms with van der Waals surface area (Å²) >= 11 is 0. The number of fused-ring (bicyclic) bond motifs is 1. The van der Waals surface area contributed by atoms with E-state index >= 15 is 0 Å². The van der Waals surface area contributed by atoms with Gasteiger partial charge in [-0.25, -0.2) is 0 Å². The van der Waals surface area contributed by atoms with Crippen molar-refractivity contribution in [1.29, 1.82) is 0 Å². The Balaban J connectivity index is 2.02. The fourth-order valence-corrected chi connectivity index (χ4v) is 2.85. The third-order valence-corrected chi connectivity index (χ3v) is 3.98. The van der Waals surface area contributed by atoms with Gasteiger partial charge in [-0.3, -0.25) is 10.1 Å². The number of nitro groups is 1. The number of hydrogen-bond donors (Lipinski definition) is 1. The van der Waals surface area contributed by atoms with E-state index in [0.717, 1.165) is 29.8 Å². The molecule has 108 valence electrons. The lowest BCUT2D eigenvalue weighted by Crippen LogP contribution is -2.31. The van der Waals surface area contributed by atoms with Crippen molar-refractivity contribution in [3.05, 3.63) is 63.2 Å². The van der Waals surface area contributed by atoms with Crippen molar-refractivity contribution in [1.82, 2.24) is 0 Å². The number of nitrogens with zero attached hydrogens (tertiary/aromatic N) is 2. The van der Waals surface area contributed by atoms with Crippen LogP contribution in [0.5, 0.6) is 0 Å². The molecule has 0 amide bonds. The molecule has 1 aliphatic rings. The Morgan fingerprint density at radius 3 is 2.86 bits per heavy atom. The predicted molar refractivity (Wildman–Crippen MR) is 83.4 cm³/mol. The van der Waals surface area contributed by atoms with Gasteiger partial charge in [0.25, 0.3) is 5.69 Å². The van der Waals surface area contributed by atoms with Crippen LogP contribution in [-0.4, -0.2) is 11.5 Å². The minimum Gasteiger partial charge on any atom is -0.398 e. The Kier molecular flexibility index (Phi) is 3.25. The Morgan fingerprint density at radius 1 is 1.29 bits per heavy atom. The minimum absolute atomic E-state index is 0.151. The van der Waals surface area contributed by atoms with Gasteiger partial charge in [-0.15, -0.1) is 0 Å². The number of rotatable bonds is 2. The first-order chi connectivity index (χ1) is 10.1. The lowest BCUT2D eigenvalue weighted by molar-refractivity contribution is -0.384. The van der Waals surface area contributed by atoms with Crippen LogP contribution in [0.2, 0.25) is 0 Å². The van der Waals surface area contributed by atoms with E-state index in [1.54, 1.807) is 12.1 Å². The summed E-state index contributed by atoms with van der Waals surface area (Å²) in [5.41, 5.74) is 11.0. The van der Waals surface area contributed by atoms with Gasteiger partial charge in [0, 0.05) is 24.8 Å². The monoisotopic (exact) mass is 283 g/mol. The van der Waals surface area contributed by atoms with Crippen molar-refractivity contribution in [2.45, 2.75) is 19.9 Å². The lowest BCUT2D eigenvalue weighted by atomic mass is 9.97. The van der Waals surface area contributed by atoms with Crippen LogP contribution in [0.3, 0.4) is 0 Å². The molecule has 2 N–H and O–H groups in total. The van der Waals surface area contributed by atoms with E-state index in [-0.39, 0.29) is 10.6 Å². The first-order valence-electron chi connectivity index (χ1n) is 6.92. The summed E-state index contributed by atoms with van der Waals surface area (Å²) < 4.78 is 0. The zero-order valence-electron chi connectivity index (χ0n) is 11.9. The number of hydrogen-bond acceptors (Lipinski definition) is 4. The van der Waals surface area contributed by atoms with Gasteiger partial charge in [0.05, 0.1) is 4.92 Å². The Labute approximate surface area is 123 Å². The molecule has 0 spiro atoms. The summed E-state index contributed by atoms with van der Waals surface area (Å²) in [5, 5.41) is 11.2. The van der Waals surface area contributed by atoms with Crippen molar-refractivity contribution in [2.75, 3.05) is 17.2 Å². The molecule has 2 aromatic carbocycles. The van der Waals surface area contributed by atoms with Crippen molar-refractivity contribution < 1.29 is 4.92 Å². The second kappa shape index (κ2) is 5.09. The summed E-state index contributed by atoms with van der Waals surface area (Å²) in [6.45, 7) is 3.33. The van der Waals surface area contributed by atoms with Crippen LogP contribution in [-0.2, 0) is 13.0 Å². The van der Waals surface area contributed by atoms with Crippen LogP contribution in [0, 0.1) is 17.0 Å². The number of aryl methyl sites for hydroxylation is 1. The summed E-state index contributed by atoms with van der Waals surface area (Å²) in [7, 11) is 0. The molecule has 0 bridgehead atoms. The molecule has 0 saturated heterocycles. The van der Waals surface area contributed by atoms with Gasteiger partial charge >= 0.3 is 0 Å². The Bertz CT molecular complexity index is 713. The zero-order chi connectivity index (χ0) is 15.0.